The average Bonchev–Trinajstić information content (AvgIpc) is 2.46. The number of phenolic OH excluding ortho intramolecular Hbond substituents is 1. The molecule has 2 aromatic carbocycles. The number of hydrogen-bond donors (Lipinski definition) is 1. The van der Waals surface area contributed by atoms with Crippen molar-refractivity contribution >= 4 is 5.69 Å². The largest absolute Gasteiger partial charge is 0.508 e. The molecule has 0 aliphatic heterocycles. The fourth-order valence-electron chi connectivity index (χ4n) is 2.09. The maximum Gasteiger partial charge on any atom is 0.120 e. The lowest BCUT2D eigenvalue weighted by Gasteiger charge is -2.28. The second-order valence-corrected chi connectivity index (χ2v) is 4.54. The van der Waals surface area contributed by atoms with E-state index in [-0.39, 0.29) is 6.04 Å². The normalized spacial score (nSPS) is 11.9. The Kier molecular flexibility index (Phi) is 3.95. The third-order valence-electron chi connectivity index (χ3n) is 3.45. The second kappa shape index (κ2) is 5.65. The zero-order valence-electron chi connectivity index (χ0n) is 11.5. The number of phenols is 1. The first-order valence-corrected chi connectivity index (χ1v) is 6.28. The van der Waals surface area contributed by atoms with Crippen molar-refractivity contribution in [1.82, 2.24) is 0 Å². The van der Waals surface area contributed by atoms with Gasteiger partial charge in [0.25, 0.3) is 0 Å². The van der Waals surface area contributed by atoms with Gasteiger partial charge >= 0.3 is 0 Å². The number of methoxy groups -OCH3 is 1. The summed E-state index contributed by atoms with van der Waals surface area (Å²) >= 11 is 0. The van der Waals surface area contributed by atoms with Gasteiger partial charge in [-0.2, -0.15) is 0 Å². The number of rotatable bonds is 4. The quantitative estimate of drug-likeness (QED) is 0.908. The zero-order valence-corrected chi connectivity index (χ0v) is 11.5. The monoisotopic (exact) mass is 257 g/mol. The van der Waals surface area contributed by atoms with Crippen LogP contribution in [0.3, 0.4) is 0 Å². The van der Waals surface area contributed by atoms with Gasteiger partial charge in [-0.3, -0.25) is 0 Å². The maximum atomic E-state index is 9.91. The van der Waals surface area contributed by atoms with Crippen LogP contribution in [0.5, 0.6) is 11.5 Å². The van der Waals surface area contributed by atoms with E-state index in [1.54, 1.807) is 13.2 Å². The first-order chi connectivity index (χ1) is 9.13. The molecule has 0 aliphatic carbocycles. The minimum Gasteiger partial charge on any atom is -0.508 e. The van der Waals surface area contributed by atoms with Gasteiger partial charge in [-0.25, -0.2) is 0 Å². The Hall–Kier alpha value is -2.16. The molecule has 2 aromatic rings. The fraction of sp³-hybridized carbons (Fsp3) is 0.250. The number of para-hydroxylation sites is 1. The van der Waals surface area contributed by atoms with Crippen LogP contribution >= 0.6 is 0 Å². The van der Waals surface area contributed by atoms with Gasteiger partial charge in [0.15, 0.2) is 0 Å². The predicted molar refractivity (Wildman–Crippen MR) is 77.9 cm³/mol. The molecular formula is C16H19NO2. The number of hydrogen-bond acceptors (Lipinski definition) is 3. The third kappa shape index (κ3) is 2.81. The van der Waals surface area contributed by atoms with Crippen LogP contribution in [0.2, 0.25) is 0 Å². The molecule has 0 amide bonds. The smallest absolute Gasteiger partial charge is 0.120 e. The summed E-state index contributed by atoms with van der Waals surface area (Å²) in [6.45, 7) is 2.07. The number of nitrogens with zero attached hydrogens (tertiary/aromatic N) is 1. The van der Waals surface area contributed by atoms with E-state index in [1.165, 1.54) is 0 Å². The SMILES string of the molecule is COc1ccc(N(C)C(C)c2ccccc2O)cc1. The summed E-state index contributed by atoms with van der Waals surface area (Å²) in [6.07, 6.45) is 0. The van der Waals surface area contributed by atoms with E-state index < -0.39 is 0 Å². The molecule has 0 fully saturated rings. The molecule has 0 spiro atoms. The summed E-state index contributed by atoms with van der Waals surface area (Å²) in [7, 11) is 3.67. The number of ether oxygens (including phenoxy) is 1. The van der Waals surface area contributed by atoms with Crippen molar-refractivity contribution in [2.45, 2.75) is 13.0 Å². The van der Waals surface area contributed by atoms with Crippen LogP contribution in [-0.4, -0.2) is 19.3 Å². The minimum atomic E-state index is 0.0922. The van der Waals surface area contributed by atoms with E-state index in [1.807, 2.05) is 49.5 Å². The molecule has 0 aliphatic rings. The van der Waals surface area contributed by atoms with E-state index in [2.05, 4.69) is 11.8 Å². The Morgan fingerprint density at radius 3 is 2.26 bits per heavy atom. The molecule has 100 valence electrons. The Labute approximate surface area is 114 Å². The van der Waals surface area contributed by atoms with Gasteiger partial charge in [0, 0.05) is 18.3 Å². The van der Waals surface area contributed by atoms with E-state index in [0.29, 0.717) is 5.75 Å². The highest BCUT2D eigenvalue weighted by Gasteiger charge is 2.15. The molecule has 2 rings (SSSR count). The lowest BCUT2D eigenvalue weighted by Crippen LogP contribution is -2.21. The molecule has 0 saturated carbocycles. The zero-order chi connectivity index (χ0) is 13.8. The lowest BCUT2D eigenvalue weighted by atomic mass is 10.1. The van der Waals surface area contributed by atoms with Crippen molar-refractivity contribution in [3.8, 4) is 11.5 Å². The molecular weight excluding hydrogens is 238 g/mol. The fourth-order valence-corrected chi connectivity index (χ4v) is 2.09. The Morgan fingerprint density at radius 1 is 1.05 bits per heavy atom. The topological polar surface area (TPSA) is 32.7 Å². The minimum absolute atomic E-state index is 0.0922. The van der Waals surface area contributed by atoms with Gasteiger partial charge < -0.3 is 14.7 Å². The lowest BCUT2D eigenvalue weighted by molar-refractivity contribution is 0.415. The van der Waals surface area contributed by atoms with E-state index in [9.17, 15) is 5.11 Å². The summed E-state index contributed by atoms with van der Waals surface area (Å²) in [6, 6.07) is 15.4. The Morgan fingerprint density at radius 2 is 1.68 bits per heavy atom. The number of anilines is 1. The van der Waals surface area contributed by atoms with E-state index in [4.69, 9.17) is 4.74 Å². The van der Waals surface area contributed by atoms with Crippen LogP contribution in [0.1, 0.15) is 18.5 Å². The van der Waals surface area contributed by atoms with Gasteiger partial charge in [-0.05, 0) is 37.3 Å². The van der Waals surface area contributed by atoms with Gasteiger partial charge in [0.2, 0.25) is 0 Å². The Bertz CT molecular complexity index is 537. The maximum absolute atomic E-state index is 9.91. The predicted octanol–water partition coefficient (Wildman–Crippen LogP) is 3.60. The van der Waals surface area contributed by atoms with Crippen LogP contribution in [0.15, 0.2) is 48.5 Å². The summed E-state index contributed by atoms with van der Waals surface area (Å²) in [5, 5.41) is 9.91. The van der Waals surface area contributed by atoms with Crippen LogP contribution < -0.4 is 9.64 Å². The van der Waals surface area contributed by atoms with Crippen molar-refractivity contribution in [2.24, 2.45) is 0 Å². The molecule has 0 heterocycles. The first-order valence-electron chi connectivity index (χ1n) is 6.28. The standard InChI is InChI=1S/C16H19NO2/c1-12(15-6-4-5-7-16(15)18)17(2)13-8-10-14(19-3)11-9-13/h4-12,18H,1-3H3. The van der Waals surface area contributed by atoms with Crippen molar-refractivity contribution in [3.63, 3.8) is 0 Å². The average molecular weight is 257 g/mol. The number of benzene rings is 2. The summed E-state index contributed by atoms with van der Waals surface area (Å²) in [4.78, 5) is 2.12. The first kappa shape index (κ1) is 13.3. The van der Waals surface area contributed by atoms with E-state index in [0.717, 1.165) is 17.0 Å². The molecule has 1 unspecified atom stereocenters. The molecule has 0 saturated heterocycles. The van der Waals surface area contributed by atoms with Gasteiger partial charge in [-0.1, -0.05) is 18.2 Å². The van der Waals surface area contributed by atoms with Gasteiger partial charge in [-0.15, -0.1) is 0 Å². The van der Waals surface area contributed by atoms with Crippen molar-refractivity contribution in [1.29, 1.82) is 0 Å². The molecule has 3 heteroatoms. The van der Waals surface area contributed by atoms with Gasteiger partial charge in [0.05, 0.1) is 13.2 Å². The van der Waals surface area contributed by atoms with E-state index >= 15 is 0 Å². The van der Waals surface area contributed by atoms with Crippen LogP contribution in [0, 0.1) is 0 Å². The van der Waals surface area contributed by atoms with Crippen LogP contribution in [0.25, 0.3) is 0 Å². The van der Waals surface area contributed by atoms with Gasteiger partial charge in [0.1, 0.15) is 11.5 Å². The van der Waals surface area contributed by atoms with Crippen molar-refractivity contribution in [3.05, 3.63) is 54.1 Å². The highest BCUT2D eigenvalue weighted by molar-refractivity contribution is 5.51. The van der Waals surface area contributed by atoms with Crippen molar-refractivity contribution in [2.75, 3.05) is 19.1 Å². The molecule has 1 atom stereocenters. The summed E-state index contributed by atoms with van der Waals surface area (Å²) in [5.74, 6) is 1.17. The number of aromatic hydroxyl groups is 1. The molecule has 0 bridgehead atoms. The van der Waals surface area contributed by atoms with Crippen LogP contribution in [0.4, 0.5) is 5.69 Å². The molecule has 0 radical (unpaired) electrons. The van der Waals surface area contributed by atoms with Crippen molar-refractivity contribution < 1.29 is 9.84 Å². The molecule has 3 nitrogen and oxygen atoms in total. The summed E-state index contributed by atoms with van der Waals surface area (Å²) in [5.41, 5.74) is 2.00. The second-order valence-electron chi connectivity index (χ2n) is 4.54. The molecule has 19 heavy (non-hydrogen) atoms. The molecule has 1 N–H and O–H groups in total. The molecule has 0 aromatic heterocycles. The third-order valence-corrected chi connectivity index (χ3v) is 3.45. The highest BCUT2D eigenvalue weighted by Crippen LogP contribution is 2.31. The highest BCUT2D eigenvalue weighted by atomic mass is 16.5. The summed E-state index contributed by atoms with van der Waals surface area (Å²) < 4.78 is 5.15. The van der Waals surface area contributed by atoms with Crippen LogP contribution in [-0.2, 0) is 0 Å². The Balaban J connectivity index is 2.23.